The molecule has 1 aliphatic heterocycles. The number of nitrogens with two attached hydrogens (primary N) is 1. The van der Waals surface area contributed by atoms with Gasteiger partial charge in [-0.2, -0.15) is 0 Å². The predicted octanol–water partition coefficient (Wildman–Crippen LogP) is 1.16. The first kappa shape index (κ1) is 29.9. The van der Waals surface area contributed by atoms with Gasteiger partial charge in [0.25, 0.3) is 0 Å². The molecule has 0 unspecified atom stereocenters. The molecule has 1 saturated carbocycles. The highest BCUT2D eigenvalue weighted by atomic mass is 16.5. The van der Waals surface area contributed by atoms with Gasteiger partial charge in [-0.05, 0) is 72.9 Å². The van der Waals surface area contributed by atoms with Gasteiger partial charge in [-0.25, -0.2) is 0 Å². The van der Waals surface area contributed by atoms with Crippen LogP contribution in [0.4, 0.5) is 0 Å². The molecule has 3 amide bonds. The second-order valence-electron chi connectivity index (χ2n) is 11.0. The summed E-state index contributed by atoms with van der Waals surface area (Å²) in [5, 5.41) is 32.5. The molecular weight excluding hydrogens is 530 g/mol. The van der Waals surface area contributed by atoms with E-state index in [4.69, 9.17) is 10.5 Å². The number of hydrogen-bond donors (Lipinski definition) is 5. The molecular formula is C30H37N3O8. The lowest BCUT2D eigenvalue weighted by atomic mass is 9.78. The minimum atomic E-state index is -1.48. The van der Waals surface area contributed by atoms with Crippen LogP contribution in [-0.4, -0.2) is 74.7 Å². The summed E-state index contributed by atoms with van der Waals surface area (Å²) in [4.78, 5) is 52.7. The highest BCUT2D eigenvalue weighted by Gasteiger charge is 2.50. The van der Waals surface area contributed by atoms with E-state index in [9.17, 15) is 34.5 Å². The Kier molecular flexibility index (Phi) is 9.49. The van der Waals surface area contributed by atoms with Crippen LogP contribution in [0.15, 0.2) is 48.5 Å². The van der Waals surface area contributed by atoms with Gasteiger partial charge in [0, 0.05) is 25.8 Å². The minimum Gasteiger partial charge on any atom is -0.508 e. The van der Waals surface area contributed by atoms with E-state index in [2.05, 4.69) is 5.32 Å². The predicted molar refractivity (Wildman–Crippen MR) is 147 cm³/mol. The van der Waals surface area contributed by atoms with E-state index >= 15 is 0 Å². The number of phenolic OH excluding ortho intramolecular Hbond substituents is 2. The number of benzene rings is 2. The zero-order valence-corrected chi connectivity index (χ0v) is 22.9. The van der Waals surface area contributed by atoms with Crippen molar-refractivity contribution in [1.82, 2.24) is 10.2 Å². The van der Waals surface area contributed by atoms with E-state index in [0.717, 1.165) is 12.8 Å². The molecule has 11 nitrogen and oxygen atoms in total. The number of aromatic hydroxyl groups is 2. The van der Waals surface area contributed by atoms with Crippen LogP contribution in [0.5, 0.6) is 11.5 Å². The van der Waals surface area contributed by atoms with Crippen LogP contribution in [0.2, 0.25) is 0 Å². The lowest BCUT2D eigenvalue weighted by molar-refractivity contribution is -0.146. The molecule has 11 heteroatoms. The van der Waals surface area contributed by atoms with Crippen molar-refractivity contribution in [2.24, 2.45) is 17.6 Å². The monoisotopic (exact) mass is 567 g/mol. The summed E-state index contributed by atoms with van der Waals surface area (Å²) >= 11 is 0. The number of aliphatic hydroxyl groups excluding tert-OH is 1. The molecule has 4 rings (SSSR count). The maximum atomic E-state index is 14.2. The highest BCUT2D eigenvalue weighted by molar-refractivity contribution is 5.93. The molecule has 2 aliphatic rings. The quantitative estimate of drug-likeness (QED) is 0.265. The Labute approximate surface area is 238 Å². The van der Waals surface area contributed by atoms with Crippen LogP contribution in [0.1, 0.15) is 43.7 Å². The van der Waals surface area contributed by atoms with E-state index < -0.39 is 35.9 Å². The first-order valence-electron chi connectivity index (χ1n) is 13.8. The fraction of sp³-hybridized carbons (Fsp3) is 0.467. The van der Waals surface area contributed by atoms with Crippen molar-refractivity contribution in [3.63, 3.8) is 0 Å². The number of aliphatic hydroxyl groups is 1. The van der Waals surface area contributed by atoms with E-state index in [1.165, 1.54) is 36.1 Å². The summed E-state index contributed by atoms with van der Waals surface area (Å²) in [5.41, 5.74) is 7.02. The topological polar surface area (TPSA) is 179 Å². The number of rotatable bonds is 10. The number of amides is 3. The molecule has 1 aliphatic carbocycles. The molecule has 0 bridgehead atoms. The van der Waals surface area contributed by atoms with Gasteiger partial charge in [-0.15, -0.1) is 0 Å². The summed E-state index contributed by atoms with van der Waals surface area (Å²) in [7, 11) is 0. The Bertz CT molecular complexity index is 1250. The zero-order chi connectivity index (χ0) is 29.7. The van der Waals surface area contributed by atoms with E-state index in [1.807, 2.05) is 0 Å². The number of esters is 1. The molecule has 0 spiro atoms. The van der Waals surface area contributed by atoms with Gasteiger partial charge < -0.3 is 36.0 Å². The van der Waals surface area contributed by atoms with E-state index in [-0.39, 0.29) is 54.8 Å². The van der Waals surface area contributed by atoms with Crippen molar-refractivity contribution < 1.29 is 39.2 Å². The molecule has 6 atom stereocenters. The van der Waals surface area contributed by atoms with Gasteiger partial charge in [-0.3, -0.25) is 19.2 Å². The van der Waals surface area contributed by atoms with Crippen molar-refractivity contribution in [3.8, 4) is 11.5 Å². The summed E-state index contributed by atoms with van der Waals surface area (Å²) in [6.45, 7) is 1.56. The number of fused-ring (bicyclic) bond motifs is 1. The Morgan fingerprint density at radius 3 is 2.10 bits per heavy atom. The normalized spacial score (nSPS) is 23.2. The smallest absolute Gasteiger partial charge is 0.302 e. The molecule has 1 heterocycles. The molecule has 1 saturated heterocycles. The van der Waals surface area contributed by atoms with Crippen LogP contribution in [0.25, 0.3) is 0 Å². The Hall–Kier alpha value is -4.12. The number of hydrogen-bond acceptors (Lipinski definition) is 8. The first-order chi connectivity index (χ1) is 19.5. The highest BCUT2D eigenvalue weighted by Crippen LogP contribution is 2.42. The number of carbonyl (C=O) groups excluding carboxylic acids is 4. The Morgan fingerprint density at radius 1 is 0.951 bits per heavy atom. The summed E-state index contributed by atoms with van der Waals surface area (Å²) in [5.74, 6) is -2.13. The Morgan fingerprint density at radius 2 is 1.54 bits per heavy atom. The number of primary amides is 1. The summed E-state index contributed by atoms with van der Waals surface area (Å²) < 4.78 is 5.22. The SMILES string of the molecule is CC(=O)OC[C@@H]1CC[C@@H]2C[C@H](C(N)=O)N(C(=O)[C@@H](Cc3ccc(O)cc3)NC(=O)[C@@H](O)Cc3ccc(O)cc3)[C@@H]2C1. The number of nitrogens with zero attached hydrogens (tertiary/aromatic N) is 1. The molecule has 41 heavy (non-hydrogen) atoms. The number of nitrogens with one attached hydrogen (secondary N) is 1. The number of likely N-dealkylation sites (tertiary alicyclic amines) is 1. The van der Waals surface area contributed by atoms with Crippen LogP contribution < -0.4 is 11.1 Å². The minimum absolute atomic E-state index is 0.0133. The van der Waals surface area contributed by atoms with Crippen molar-refractivity contribution >= 4 is 23.7 Å². The third-order valence-electron chi connectivity index (χ3n) is 8.05. The number of carbonyl (C=O) groups is 4. The molecule has 2 aromatic rings. The fourth-order valence-corrected chi connectivity index (χ4v) is 5.96. The first-order valence-corrected chi connectivity index (χ1v) is 13.8. The third-order valence-corrected chi connectivity index (χ3v) is 8.05. The van der Waals surface area contributed by atoms with Crippen LogP contribution in [0.3, 0.4) is 0 Å². The zero-order valence-electron chi connectivity index (χ0n) is 22.9. The lowest BCUT2D eigenvalue weighted by Crippen LogP contribution is -2.57. The molecule has 0 radical (unpaired) electrons. The van der Waals surface area contributed by atoms with Crippen LogP contribution in [0, 0.1) is 11.8 Å². The van der Waals surface area contributed by atoms with Crippen molar-refractivity contribution in [2.45, 2.75) is 69.7 Å². The third kappa shape index (κ3) is 7.55. The van der Waals surface area contributed by atoms with Crippen molar-refractivity contribution in [1.29, 1.82) is 0 Å². The van der Waals surface area contributed by atoms with Gasteiger partial charge in [0.2, 0.25) is 17.7 Å². The number of ether oxygens (including phenoxy) is 1. The molecule has 2 fully saturated rings. The van der Waals surface area contributed by atoms with E-state index in [1.54, 1.807) is 24.3 Å². The number of phenols is 2. The second kappa shape index (κ2) is 13.0. The fourth-order valence-electron chi connectivity index (χ4n) is 5.96. The van der Waals surface area contributed by atoms with Gasteiger partial charge in [0.15, 0.2) is 0 Å². The average Bonchev–Trinajstić information content (AvgIpc) is 3.32. The van der Waals surface area contributed by atoms with Gasteiger partial charge in [0.1, 0.15) is 29.7 Å². The van der Waals surface area contributed by atoms with Crippen LogP contribution >= 0.6 is 0 Å². The molecule has 6 N–H and O–H groups in total. The van der Waals surface area contributed by atoms with Crippen LogP contribution in [-0.2, 0) is 36.8 Å². The maximum Gasteiger partial charge on any atom is 0.302 e. The second-order valence-corrected chi connectivity index (χ2v) is 11.0. The standard InChI is InChI=1S/C30H37N3O8/c1-17(34)41-16-20-2-7-21-15-26(28(31)38)33(25(21)13-20)30(40)24(12-18-3-8-22(35)9-4-18)32-29(39)27(37)14-19-5-10-23(36)11-6-19/h3-6,8-11,20-21,24-27,35-37H,2,7,12-16H2,1H3,(H2,31,38)(H,32,39)/t20-,21-,24-,25-,26-,27+/m1/s1. The van der Waals surface area contributed by atoms with Gasteiger partial charge >= 0.3 is 5.97 Å². The molecule has 0 aromatic heterocycles. The maximum absolute atomic E-state index is 14.2. The van der Waals surface area contributed by atoms with Crippen molar-refractivity contribution in [2.75, 3.05) is 6.61 Å². The summed E-state index contributed by atoms with van der Waals surface area (Å²) in [6, 6.07) is 9.95. The summed E-state index contributed by atoms with van der Waals surface area (Å²) in [6.07, 6.45) is 1.00. The van der Waals surface area contributed by atoms with Gasteiger partial charge in [-0.1, -0.05) is 24.3 Å². The van der Waals surface area contributed by atoms with E-state index in [0.29, 0.717) is 24.0 Å². The average molecular weight is 568 g/mol. The molecule has 2 aromatic carbocycles. The Balaban J connectivity index is 1.57. The van der Waals surface area contributed by atoms with Gasteiger partial charge in [0.05, 0.1) is 6.61 Å². The van der Waals surface area contributed by atoms with Crippen molar-refractivity contribution in [3.05, 3.63) is 59.7 Å². The lowest BCUT2D eigenvalue weighted by Gasteiger charge is -2.38. The molecule has 220 valence electrons. The largest absolute Gasteiger partial charge is 0.508 e.